The number of rotatable bonds is 7. The molecule has 0 heterocycles. The van der Waals surface area contributed by atoms with Crippen LogP contribution in [0.4, 0.5) is 5.69 Å². The Balaban J connectivity index is 2.65. The van der Waals surface area contributed by atoms with E-state index in [0.29, 0.717) is 11.4 Å². The van der Waals surface area contributed by atoms with Gasteiger partial charge in [-0.25, -0.2) is 0 Å². The molecule has 0 aromatic heterocycles. The van der Waals surface area contributed by atoms with Crippen LogP contribution in [0.2, 0.25) is 0 Å². The van der Waals surface area contributed by atoms with E-state index < -0.39 is 6.10 Å². The highest BCUT2D eigenvalue weighted by Gasteiger charge is 2.18. The van der Waals surface area contributed by atoms with E-state index >= 15 is 0 Å². The lowest BCUT2D eigenvalue weighted by Crippen LogP contribution is -2.42. The maximum Gasteiger partial charge on any atom is 0.260 e. The zero-order chi connectivity index (χ0) is 15.1. The predicted molar refractivity (Wildman–Crippen MR) is 82.8 cm³/mol. The molecule has 4 heteroatoms. The second-order valence-corrected chi connectivity index (χ2v) is 5.01. The number of aryl methyl sites for hydroxylation is 1. The van der Waals surface area contributed by atoms with Gasteiger partial charge in [0.05, 0.1) is 5.69 Å². The van der Waals surface area contributed by atoms with E-state index in [1.165, 1.54) is 0 Å². The summed E-state index contributed by atoms with van der Waals surface area (Å²) >= 11 is 0. The summed E-state index contributed by atoms with van der Waals surface area (Å²) in [6, 6.07) is 5.89. The van der Waals surface area contributed by atoms with Gasteiger partial charge in [-0.05, 0) is 43.9 Å². The van der Waals surface area contributed by atoms with Crippen molar-refractivity contribution in [3.05, 3.63) is 23.8 Å². The Morgan fingerprint density at radius 2 is 1.95 bits per heavy atom. The van der Waals surface area contributed by atoms with Crippen LogP contribution in [0.1, 0.15) is 46.1 Å². The van der Waals surface area contributed by atoms with Gasteiger partial charge in [0.2, 0.25) is 0 Å². The summed E-state index contributed by atoms with van der Waals surface area (Å²) in [4.78, 5) is 12.0. The number of nitrogens with one attached hydrogen (secondary N) is 1. The van der Waals surface area contributed by atoms with Crippen LogP contribution >= 0.6 is 0 Å². The van der Waals surface area contributed by atoms with Gasteiger partial charge >= 0.3 is 0 Å². The van der Waals surface area contributed by atoms with E-state index in [2.05, 4.69) is 26.1 Å². The Kier molecular flexibility index (Phi) is 6.36. The zero-order valence-corrected chi connectivity index (χ0v) is 12.9. The first-order valence-electron chi connectivity index (χ1n) is 7.37. The van der Waals surface area contributed by atoms with Crippen molar-refractivity contribution in [2.24, 2.45) is 0 Å². The Labute approximate surface area is 121 Å². The molecule has 1 aromatic rings. The van der Waals surface area contributed by atoms with Gasteiger partial charge in [-0.1, -0.05) is 26.8 Å². The van der Waals surface area contributed by atoms with Gasteiger partial charge in [0, 0.05) is 6.04 Å². The maximum atomic E-state index is 12.0. The second-order valence-electron chi connectivity index (χ2n) is 5.01. The molecule has 0 bridgehead atoms. The number of amides is 1. The molecule has 1 atom stereocenters. The van der Waals surface area contributed by atoms with Crippen molar-refractivity contribution in [2.75, 3.05) is 5.73 Å². The lowest BCUT2D eigenvalue weighted by atomic mass is 10.1. The SMILES string of the molecule is CCc1ccc(OC(C)C(=O)NC(CC)CC)c(N)c1. The van der Waals surface area contributed by atoms with Crippen molar-refractivity contribution >= 4 is 11.6 Å². The monoisotopic (exact) mass is 278 g/mol. The highest BCUT2D eigenvalue weighted by atomic mass is 16.5. The third kappa shape index (κ3) is 4.44. The van der Waals surface area contributed by atoms with Crippen molar-refractivity contribution < 1.29 is 9.53 Å². The predicted octanol–water partition coefficient (Wildman–Crippen LogP) is 2.90. The molecule has 20 heavy (non-hydrogen) atoms. The molecule has 0 aliphatic carbocycles. The minimum absolute atomic E-state index is 0.0994. The van der Waals surface area contributed by atoms with Gasteiger partial charge in [0.15, 0.2) is 6.10 Å². The first-order valence-corrected chi connectivity index (χ1v) is 7.37. The average Bonchev–Trinajstić information content (AvgIpc) is 2.46. The van der Waals surface area contributed by atoms with Gasteiger partial charge in [0.1, 0.15) is 5.75 Å². The van der Waals surface area contributed by atoms with Crippen LogP contribution in [0.15, 0.2) is 18.2 Å². The van der Waals surface area contributed by atoms with Crippen LogP contribution < -0.4 is 15.8 Å². The highest BCUT2D eigenvalue weighted by molar-refractivity contribution is 5.81. The summed E-state index contributed by atoms with van der Waals surface area (Å²) in [5, 5.41) is 2.97. The lowest BCUT2D eigenvalue weighted by Gasteiger charge is -2.20. The first-order chi connectivity index (χ1) is 9.51. The molecule has 1 rings (SSSR count). The van der Waals surface area contributed by atoms with E-state index in [1.54, 1.807) is 6.92 Å². The Morgan fingerprint density at radius 1 is 1.30 bits per heavy atom. The van der Waals surface area contributed by atoms with Crippen molar-refractivity contribution in [3.63, 3.8) is 0 Å². The van der Waals surface area contributed by atoms with Crippen LogP contribution in [0, 0.1) is 0 Å². The molecule has 1 aromatic carbocycles. The second kappa shape index (κ2) is 7.78. The van der Waals surface area contributed by atoms with Crippen LogP contribution in [-0.4, -0.2) is 18.1 Å². The number of hydrogen-bond acceptors (Lipinski definition) is 3. The molecule has 1 amide bonds. The topological polar surface area (TPSA) is 64.3 Å². The largest absolute Gasteiger partial charge is 0.479 e. The summed E-state index contributed by atoms with van der Waals surface area (Å²) in [6.07, 6.45) is 2.21. The molecule has 112 valence electrons. The molecule has 0 aliphatic rings. The summed E-state index contributed by atoms with van der Waals surface area (Å²) in [6.45, 7) is 7.93. The van der Waals surface area contributed by atoms with Gasteiger partial charge in [-0.3, -0.25) is 4.79 Å². The van der Waals surface area contributed by atoms with Crippen LogP contribution in [0.3, 0.4) is 0 Å². The molecule has 0 fully saturated rings. The molecule has 0 saturated heterocycles. The van der Waals surface area contributed by atoms with Crippen LogP contribution in [0.25, 0.3) is 0 Å². The smallest absolute Gasteiger partial charge is 0.260 e. The number of nitrogens with two attached hydrogens (primary N) is 1. The van der Waals surface area contributed by atoms with Crippen molar-refractivity contribution in [1.29, 1.82) is 0 Å². The summed E-state index contributed by atoms with van der Waals surface area (Å²) in [7, 11) is 0. The summed E-state index contributed by atoms with van der Waals surface area (Å²) < 4.78 is 5.66. The zero-order valence-electron chi connectivity index (χ0n) is 12.9. The number of carbonyl (C=O) groups is 1. The molecule has 4 nitrogen and oxygen atoms in total. The molecule has 0 spiro atoms. The fourth-order valence-electron chi connectivity index (χ4n) is 1.98. The molecule has 0 saturated carbocycles. The lowest BCUT2D eigenvalue weighted by molar-refractivity contribution is -0.128. The van der Waals surface area contributed by atoms with Crippen molar-refractivity contribution in [3.8, 4) is 5.75 Å². The normalized spacial score (nSPS) is 12.2. The highest BCUT2D eigenvalue weighted by Crippen LogP contribution is 2.24. The minimum Gasteiger partial charge on any atom is -0.479 e. The fraction of sp³-hybridized carbons (Fsp3) is 0.562. The van der Waals surface area contributed by atoms with Crippen molar-refractivity contribution in [1.82, 2.24) is 5.32 Å². The molecular weight excluding hydrogens is 252 g/mol. The van der Waals surface area contributed by atoms with E-state index in [1.807, 2.05) is 18.2 Å². The third-order valence-corrected chi connectivity index (χ3v) is 3.49. The standard InChI is InChI=1S/C16H26N2O2/c1-5-12-8-9-15(14(17)10-12)20-11(4)16(19)18-13(6-2)7-3/h8-11,13H,5-7,17H2,1-4H3,(H,18,19). The molecule has 1 unspecified atom stereocenters. The van der Waals surface area contributed by atoms with E-state index in [9.17, 15) is 4.79 Å². The van der Waals surface area contributed by atoms with Crippen LogP contribution in [0.5, 0.6) is 5.75 Å². The third-order valence-electron chi connectivity index (χ3n) is 3.49. The Morgan fingerprint density at radius 3 is 2.45 bits per heavy atom. The number of carbonyl (C=O) groups excluding carboxylic acids is 1. The fourth-order valence-corrected chi connectivity index (χ4v) is 1.98. The number of anilines is 1. The Bertz CT molecular complexity index is 442. The maximum absolute atomic E-state index is 12.0. The van der Waals surface area contributed by atoms with E-state index in [4.69, 9.17) is 10.5 Å². The van der Waals surface area contributed by atoms with Gasteiger partial charge < -0.3 is 15.8 Å². The van der Waals surface area contributed by atoms with E-state index in [-0.39, 0.29) is 11.9 Å². The molecule has 0 radical (unpaired) electrons. The van der Waals surface area contributed by atoms with Crippen molar-refractivity contribution in [2.45, 2.75) is 59.1 Å². The average molecular weight is 278 g/mol. The number of ether oxygens (including phenoxy) is 1. The first kappa shape index (κ1) is 16.3. The summed E-state index contributed by atoms with van der Waals surface area (Å²) in [5.41, 5.74) is 7.67. The van der Waals surface area contributed by atoms with Gasteiger partial charge in [0.25, 0.3) is 5.91 Å². The number of nitrogen functional groups attached to an aromatic ring is 1. The molecular formula is C16H26N2O2. The molecule has 3 N–H and O–H groups in total. The molecule has 0 aliphatic heterocycles. The summed E-state index contributed by atoms with van der Waals surface area (Å²) in [5.74, 6) is 0.465. The number of hydrogen-bond donors (Lipinski definition) is 2. The minimum atomic E-state index is -0.551. The quantitative estimate of drug-likeness (QED) is 0.754. The number of benzene rings is 1. The van der Waals surface area contributed by atoms with Gasteiger partial charge in [-0.2, -0.15) is 0 Å². The van der Waals surface area contributed by atoms with Gasteiger partial charge in [-0.15, -0.1) is 0 Å². The Hall–Kier alpha value is -1.71. The van der Waals surface area contributed by atoms with E-state index in [0.717, 1.165) is 24.8 Å². The van der Waals surface area contributed by atoms with Crippen LogP contribution in [-0.2, 0) is 11.2 Å².